The normalized spacial score (nSPS) is 15.0. The number of benzene rings is 8. The first kappa shape index (κ1) is 28.9. The maximum absolute atomic E-state index is 6.36. The zero-order valence-electron chi connectivity index (χ0n) is 28.0. The minimum Gasteiger partial charge on any atom is -0.456 e. The number of hydrogen-bond donors (Lipinski definition) is 0. The molecule has 1 unspecified atom stereocenters. The van der Waals surface area contributed by atoms with E-state index in [4.69, 9.17) is 19.4 Å². The Bertz CT molecular complexity index is 3020. The fraction of sp³-hybridized carbons (Fsp3) is 0.0208. The number of hydrogen-bond acceptors (Lipinski definition) is 4. The molecule has 8 aromatic carbocycles. The van der Waals surface area contributed by atoms with E-state index in [1.165, 1.54) is 38.2 Å². The molecule has 0 amide bonds. The summed E-state index contributed by atoms with van der Waals surface area (Å²) in [5.74, 6) is 1.91. The first-order valence-corrected chi connectivity index (χ1v) is 17.6. The molecular weight excluding hydrogens is 635 g/mol. The van der Waals surface area contributed by atoms with Gasteiger partial charge < -0.3 is 4.42 Å². The van der Waals surface area contributed by atoms with Gasteiger partial charge in [-0.05, 0) is 61.5 Å². The highest BCUT2D eigenvalue weighted by Gasteiger charge is 2.50. The van der Waals surface area contributed by atoms with Crippen LogP contribution in [0.3, 0.4) is 0 Å². The lowest BCUT2D eigenvalue weighted by molar-refractivity contribution is 0.669. The molecule has 1 aliphatic carbocycles. The number of fused-ring (bicyclic) bond motifs is 11. The molecule has 0 saturated heterocycles. The Morgan fingerprint density at radius 2 is 0.981 bits per heavy atom. The Morgan fingerprint density at radius 3 is 1.79 bits per heavy atom. The summed E-state index contributed by atoms with van der Waals surface area (Å²) in [7, 11) is 0. The third-order valence-electron chi connectivity index (χ3n) is 10.8. The average molecular weight is 664 g/mol. The Balaban J connectivity index is 1.35. The number of rotatable bonds is 4. The van der Waals surface area contributed by atoms with Crippen LogP contribution in [0.5, 0.6) is 0 Å². The molecule has 11 rings (SSSR count). The Kier molecular flexibility index (Phi) is 6.13. The van der Waals surface area contributed by atoms with Gasteiger partial charge in [0.15, 0.2) is 17.5 Å². The highest BCUT2D eigenvalue weighted by atomic mass is 16.3. The molecular formula is C48H29N3O. The summed E-state index contributed by atoms with van der Waals surface area (Å²) in [6.45, 7) is 0. The topological polar surface area (TPSA) is 51.8 Å². The van der Waals surface area contributed by atoms with E-state index in [1.54, 1.807) is 0 Å². The summed E-state index contributed by atoms with van der Waals surface area (Å²) in [5.41, 5.74) is 8.45. The molecule has 0 spiro atoms. The van der Waals surface area contributed by atoms with Gasteiger partial charge in [-0.3, -0.25) is 0 Å². The molecule has 1 aliphatic rings. The molecule has 0 fully saturated rings. The van der Waals surface area contributed by atoms with Gasteiger partial charge in [-0.25, -0.2) is 15.0 Å². The monoisotopic (exact) mass is 663 g/mol. The predicted molar refractivity (Wildman–Crippen MR) is 210 cm³/mol. The summed E-state index contributed by atoms with van der Waals surface area (Å²) in [6, 6.07) is 61.8. The van der Waals surface area contributed by atoms with E-state index in [2.05, 4.69) is 133 Å². The quantitative estimate of drug-likeness (QED) is 0.176. The van der Waals surface area contributed by atoms with Gasteiger partial charge in [-0.15, -0.1) is 0 Å². The van der Waals surface area contributed by atoms with Crippen molar-refractivity contribution in [2.75, 3.05) is 0 Å². The van der Waals surface area contributed by atoms with Crippen molar-refractivity contribution in [2.45, 2.75) is 5.41 Å². The number of aromatic nitrogens is 3. The minimum atomic E-state index is -0.871. The van der Waals surface area contributed by atoms with E-state index >= 15 is 0 Å². The summed E-state index contributed by atoms with van der Waals surface area (Å²) in [6.07, 6.45) is 0. The average Bonchev–Trinajstić information content (AvgIpc) is 3.76. The lowest BCUT2D eigenvalue weighted by Crippen LogP contribution is -2.32. The van der Waals surface area contributed by atoms with Crippen molar-refractivity contribution in [3.05, 3.63) is 198 Å². The zero-order chi connectivity index (χ0) is 34.2. The second-order valence-electron chi connectivity index (χ2n) is 13.5. The van der Waals surface area contributed by atoms with Crippen LogP contribution in [0.25, 0.3) is 77.4 Å². The van der Waals surface area contributed by atoms with Crippen molar-refractivity contribution in [1.82, 2.24) is 15.0 Å². The van der Waals surface area contributed by atoms with Crippen LogP contribution in [0.15, 0.2) is 180 Å². The lowest BCUT2D eigenvalue weighted by Gasteiger charge is -2.33. The molecule has 2 aromatic heterocycles. The van der Waals surface area contributed by atoms with Gasteiger partial charge in [0, 0.05) is 21.9 Å². The molecule has 0 aliphatic heterocycles. The van der Waals surface area contributed by atoms with Gasteiger partial charge in [-0.2, -0.15) is 0 Å². The molecule has 0 N–H and O–H groups in total. The van der Waals surface area contributed by atoms with Crippen LogP contribution in [0.2, 0.25) is 0 Å². The van der Waals surface area contributed by atoms with Crippen LogP contribution < -0.4 is 0 Å². The molecule has 4 nitrogen and oxygen atoms in total. The van der Waals surface area contributed by atoms with Crippen LogP contribution >= 0.6 is 0 Å². The van der Waals surface area contributed by atoms with Crippen LogP contribution in [0, 0.1) is 0 Å². The smallest absolute Gasteiger partial charge is 0.164 e. The molecule has 2 heterocycles. The highest BCUT2D eigenvalue weighted by molar-refractivity contribution is 6.19. The van der Waals surface area contributed by atoms with E-state index in [-0.39, 0.29) is 0 Å². The van der Waals surface area contributed by atoms with Crippen molar-refractivity contribution in [3.8, 4) is 33.9 Å². The number of furan rings is 1. The molecule has 4 heteroatoms. The fourth-order valence-corrected chi connectivity index (χ4v) is 8.66. The van der Waals surface area contributed by atoms with Crippen molar-refractivity contribution in [3.63, 3.8) is 0 Å². The number of nitrogens with zero attached hydrogens (tertiary/aromatic N) is 3. The van der Waals surface area contributed by atoms with Gasteiger partial charge in [0.05, 0.1) is 0 Å². The molecule has 1 atom stereocenters. The van der Waals surface area contributed by atoms with E-state index in [9.17, 15) is 0 Å². The van der Waals surface area contributed by atoms with Gasteiger partial charge >= 0.3 is 0 Å². The third kappa shape index (κ3) is 3.95. The maximum Gasteiger partial charge on any atom is 0.164 e. The standard InChI is InChI=1S/C48H29N3O/c1-3-16-30(17-4-1)45-49-46(38-26-15-29-41-42(38)37-25-12-14-28-40(37)52-41)51-47(50-45)48(31-18-5-2-6-19-31)39-27-13-11-24-36(39)43-34-22-9-7-20-32(34)33-21-8-10-23-35(33)44(43)48/h1-29H. The van der Waals surface area contributed by atoms with Crippen molar-refractivity contribution in [1.29, 1.82) is 0 Å². The van der Waals surface area contributed by atoms with E-state index in [1.807, 2.05) is 42.5 Å². The van der Waals surface area contributed by atoms with Crippen molar-refractivity contribution in [2.24, 2.45) is 0 Å². The first-order valence-electron chi connectivity index (χ1n) is 17.6. The maximum atomic E-state index is 6.36. The SMILES string of the molecule is c1ccc(-c2nc(-c3cccc4oc5ccccc5c34)nc(C3(c4ccccc4)c4ccccc4-c4c3c3ccccc3c3ccccc43)n2)cc1. The Labute approximate surface area is 299 Å². The predicted octanol–water partition coefficient (Wildman–Crippen LogP) is 11.8. The Morgan fingerprint density at radius 1 is 0.404 bits per heavy atom. The third-order valence-corrected chi connectivity index (χ3v) is 10.8. The number of para-hydroxylation sites is 1. The van der Waals surface area contributed by atoms with Gasteiger partial charge in [-0.1, -0.05) is 164 Å². The first-order chi connectivity index (χ1) is 25.8. The second-order valence-corrected chi connectivity index (χ2v) is 13.5. The Hall–Kier alpha value is -6.91. The highest BCUT2D eigenvalue weighted by Crippen LogP contribution is 2.59. The summed E-state index contributed by atoms with van der Waals surface area (Å²) in [5, 5.41) is 6.86. The van der Waals surface area contributed by atoms with Crippen LogP contribution in [0.4, 0.5) is 0 Å². The van der Waals surface area contributed by atoms with Gasteiger partial charge in [0.2, 0.25) is 0 Å². The van der Waals surface area contributed by atoms with Gasteiger partial charge in [0.1, 0.15) is 16.6 Å². The van der Waals surface area contributed by atoms with E-state index < -0.39 is 5.41 Å². The van der Waals surface area contributed by atoms with Crippen LogP contribution in [0.1, 0.15) is 22.5 Å². The molecule has 242 valence electrons. The molecule has 10 aromatic rings. The van der Waals surface area contributed by atoms with E-state index in [0.29, 0.717) is 17.5 Å². The molecule has 0 radical (unpaired) electrons. The fourth-order valence-electron chi connectivity index (χ4n) is 8.66. The van der Waals surface area contributed by atoms with Gasteiger partial charge in [0.25, 0.3) is 0 Å². The lowest BCUT2D eigenvalue weighted by atomic mass is 9.70. The second kappa shape index (κ2) is 11.0. The summed E-state index contributed by atoms with van der Waals surface area (Å²) in [4.78, 5) is 16.4. The summed E-state index contributed by atoms with van der Waals surface area (Å²) < 4.78 is 6.36. The largest absolute Gasteiger partial charge is 0.456 e. The molecule has 52 heavy (non-hydrogen) atoms. The minimum absolute atomic E-state index is 0.604. The van der Waals surface area contributed by atoms with Crippen molar-refractivity contribution >= 4 is 43.5 Å². The zero-order valence-corrected chi connectivity index (χ0v) is 28.0. The van der Waals surface area contributed by atoms with Crippen molar-refractivity contribution < 1.29 is 4.42 Å². The molecule has 0 saturated carbocycles. The molecule has 0 bridgehead atoms. The van der Waals surface area contributed by atoms with Crippen LogP contribution in [-0.4, -0.2) is 15.0 Å². The summed E-state index contributed by atoms with van der Waals surface area (Å²) >= 11 is 0. The van der Waals surface area contributed by atoms with Crippen LogP contribution in [-0.2, 0) is 5.41 Å². The van der Waals surface area contributed by atoms with E-state index in [0.717, 1.165) is 44.2 Å².